The summed E-state index contributed by atoms with van der Waals surface area (Å²) in [6.45, 7) is -3.57. The normalized spacial score (nSPS) is 49.8. The van der Waals surface area contributed by atoms with Gasteiger partial charge in [-0.25, -0.2) is 0 Å². The lowest BCUT2D eigenvalue weighted by molar-refractivity contribution is -0.391. The van der Waals surface area contributed by atoms with E-state index in [1.54, 1.807) is 0 Å². The van der Waals surface area contributed by atoms with Crippen LogP contribution in [-0.4, -0.2) is 327 Å². The third kappa shape index (κ3) is 13.0. The fourth-order valence-corrected chi connectivity index (χ4v) is 9.22. The number of carbonyl (C=O) groups is 2. The monoisotopic (exact) mass is 1070 g/mol. The second kappa shape index (κ2) is 26.0. The first-order chi connectivity index (χ1) is 34.5. The number of ether oxygens (including phenoxy) is 11. The zero-order valence-electron chi connectivity index (χ0n) is 38.9. The first-order valence-electron chi connectivity index (χ1n) is 23.1. The van der Waals surface area contributed by atoms with Crippen molar-refractivity contribution in [2.24, 2.45) is 0 Å². The quantitative estimate of drug-likeness (QED) is 0.0606. The number of hydrogen-bond acceptors (Lipinski definition) is 31. The molecule has 6 saturated heterocycles. The van der Waals surface area contributed by atoms with Gasteiger partial charge in [0, 0.05) is 13.8 Å². The number of amides is 2. The van der Waals surface area contributed by atoms with E-state index in [1.165, 1.54) is 0 Å². The summed E-state index contributed by atoms with van der Waals surface area (Å²) in [4.78, 5) is 24.4. The summed E-state index contributed by atoms with van der Waals surface area (Å²) in [6, 6.07) is -3.28. The Morgan fingerprint density at radius 3 is 1.22 bits per heavy atom. The fraction of sp³-hybridized carbons (Fsp3) is 0.950. The van der Waals surface area contributed by atoms with Crippen molar-refractivity contribution in [2.45, 2.75) is 198 Å². The predicted molar refractivity (Wildman–Crippen MR) is 222 cm³/mol. The summed E-state index contributed by atoms with van der Waals surface area (Å²) in [5.74, 6) is -1.55. The number of aliphatic hydroxyl groups excluding tert-OH is 18. The maximum absolute atomic E-state index is 12.6. The van der Waals surface area contributed by atoms with Crippen LogP contribution in [0.1, 0.15) is 13.8 Å². The molecule has 6 fully saturated rings. The van der Waals surface area contributed by atoms with Gasteiger partial charge < -0.3 is 155 Å². The molecule has 0 aromatic rings. The molecule has 0 bridgehead atoms. The van der Waals surface area contributed by atoms with E-state index in [9.17, 15) is 102 Å². The molecular weight excluding hydrogens is 1000 g/mol. The zero-order valence-corrected chi connectivity index (χ0v) is 38.9. The van der Waals surface area contributed by atoms with Gasteiger partial charge in [0.1, 0.15) is 146 Å². The van der Waals surface area contributed by atoms with Crippen molar-refractivity contribution in [3.05, 3.63) is 0 Å². The van der Waals surface area contributed by atoms with Gasteiger partial charge in [-0.05, 0) is 0 Å². The fourth-order valence-electron chi connectivity index (χ4n) is 9.22. The molecule has 33 heteroatoms. The van der Waals surface area contributed by atoms with E-state index < -0.39 is 236 Å². The number of rotatable bonds is 18. The Kier molecular flexibility index (Phi) is 21.3. The van der Waals surface area contributed by atoms with E-state index >= 15 is 0 Å². The predicted octanol–water partition coefficient (Wildman–Crippen LogP) is -13.8. The molecule has 20 N–H and O–H groups in total. The highest BCUT2D eigenvalue weighted by molar-refractivity contribution is 5.73. The summed E-state index contributed by atoms with van der Waals surface area (Å²) in [7, 11) is 0. The summed E-state index contributed by atoms with van der Waals surface area (Å²) in [5.41, 5.74) is 0. The molecule has 6 aliphatic rings. The van der Waals surface area contributed by atoms with Crippen LogP contribution in [0, 0.1) is 0 Å². The van der Waals surface area contributed by atoms with Gasteiger partial charge in [0.25, 0.3) is 0 Å². The van der Waals surface area contributed by atoms with Gasteiger partial charge in [0.15, 0.2) is 37.7 Å². The van der Waals surface area contributed by atoms with Crippen molar-refractivity contribution in [3.63, 3.8) is 0 Å². The lowest BCUT2D eigenvalue weighted by Gasteiger charge is -2.50. The summed E-state index contributed by atoms with van der Waals surface area (Å²) in [5, 5.41) is 197. The molecule has 0 aromatic carbocycles. The second-order valence-corrected chi connectivity index (χ2v) is 18.3. The highest BCUT2D eigenvalue weighted by atomic mass is 16.8. The summed E-state index contributed by atoms with van der Waals surface area (Å²) >= 11 is 0. The molecule has 6 rings (SSSR count). The van der Waals surface area contributed by atoms with Crippen LogP contribution in [0.15, 0.2) is 0 Å². The highest BCUT2D eigenvalue weighted by Crippen LogP contribution is 2.36. The third-order valence-corrected chi connectivity index (χ3v) is 13.2. The van der Waals surface area contributed by atoms with Crippen molar-refractivity contribution in [3.8, 4) is 0 Å². The number of carbonyl (C=O) groups excluding carboxylic acids is 2. The molecule has 2 amide bonds. The average molecular weight is 1070 g/mol. The molecule has 30 atom stereocenters. The van der Waals surface area contributed by atoms with Crippen molar-refractivity contribution in [1.82, 2.24) is 10.6 Å². The molecule has 6 heterocycles. The lowest BCUT2D eigenvalue weighted by atomic mass is 9.94. The molecule has 0 spiro atoms. The van der Waals surface area contributed by atoms with E-state index in [0.29, 0.717) is 0 Å². The van der Waals surface area contributed by atoms with E-state index in [4.69, 9.17) is 52.1 Å². The van der Waals surface area contributed by atoms with Crippen LogP contribution in [0.5, 0.6) is 0 Å². The largest absolute Gasteiger partial charge is 0.394 e. The Morgan fingerprint density at radius 1 is 0.356 bits per heavy atom. The minimum atomic E-state index is -2.29. The molecule has 0 unspecified atom stereocenters. The molecular formula is C40H68N2O31. The summed E-state index contributed by atoms with van der Waals surface area (Å²) in [6.07, 6.45) is -53.4. The SMILES string of the molecule is CC(=O)N[C@@H]1[C@@H](O)[C@H](O[C@@H]2O[C@H](CO)[C@@H](O[C@@H]3O[C@H](CO[C@H]4O[C@H](CO)[C@@H](O)[C@H](O)[C@@H]4O)[C@@H](O)[C@H](O[C@H]4O[C@H](CO)[C@@H](O[C@@H]5O[C@H](CO)[C@H](O)[C@H](O)[C@H]5O)[C@H](O)[C@@H]4O)[C@@H]3O)[C@H](O)[C@H]2NC(C)=O)[C@@H](CO)O[C@H]1O. The Hall–Kier alpha value is -2.22. The molecule has 6 aliphatic heterocycles. The number of nitrogens with one attached hydrogen (secondary N) is 2. The lowest BCUT2D eigenvalue weighted by Crippen LogP contribution is -2.70. The van der Waals surface area contributed by atoms with Gasteiger partial charge in [-0.3, -0.25) is 9.59 Å². The minimum absolute atomic E-state index is 0.716. The maximum atomic E-state index is 12.6. The highest BCUT2D eigenvalue weighted by Gasteiger charge is 2.57. The van der Waals surface area contributed by atoms with E-state index in [0.717, 1.165) is 13.8 Å². The summed E-state index contributed by atoms with van der Waals surface area (Å²) < 4.78 is 62.4. The van der Waals surface area contributed by atoms with Gasteiger partial charge in [0.05, 0.1) is 39.6 Å². The van der Waals surface area contributed by atoms with Gasteiger partial charge in [-0.2, -0.15) is 0 Å². The van der Waals surface area contributed by atoms with Crippen LogP contribution in [0.4, 0.5) is 0 Å². The van der Waals surface area contributed by atoms with E-state index in [-0.39, 0.29) is 0 Å². The molecule has 0 saturated carbocycles. The topological polar surface area (TPSA) is 524 Å². The second-order valence-electron chi connectivity index (χ2n) is 18.3. The first kappa shape index (κ1) is 60.0. The Morgan fingerprint density at radius 2 is 0.712 bits per heavy atom. The van der Waals surface area contributed by atoms with E-state index in [1.807, 2.05) is 0 Å². The van der Waals surface area contributed by atoms with Gasteiger partial charge in [-0.1, -0.05) is 0 Å². The van der Waals surface area contributed by atoms with Crippen molar-refractivity contribution in [2.75, 3.05) is 39.6 Å². The van der Waals surface area contributed by atoms with Crippen LogP contribution >= 0.6 is 0 Å². The van der Waals surface area contributed by atoms with Crippen molar-refractivity contribution in [1.29, 1.82) is 0 Å². The molecule has 33 nitrogen and oxygen atoms in total. The number of aliphatic hydroxyl groups is 18. The van der Waals surface area contributed by atoms with Gasteiger partial charge in [-0.15, -0.1) is 0 Å². The van der Waals surface area contributed by atoms with Crippen molar-refractivity contribution >= 4 is 11.8 Å². The number of hydrogen-bond donors (Lipinski definition) is 20. The maximum Gasteiger partial charge on any atom is 0.217 e. The van der Waals surface area contributed by atoms with Crippen LogP contribution < -0.4 is 10.6 Å². The standard InChI is InChI=1S/C40H68N2O31/c1-9(48)41-17-22(53)31(13(5-45)64-35(17)62)70-36-18(42-10(2)49)23(54)32(14(6-46)67-36)71-40-30(61)34(21(52)16(69-40)8-63-37-27(58)24(55)19(50)11(3-43)65-37)73-39-29(60)26(57)33(15(7-47)68-39)72-38-28(59)25(56)20(51)12(4-44)66-38/h11-40,43-47,50-62H,3-8H2,1-2H3,(H,41,48)(H,42,49)/t11-,12-,13-,14-,15-,16-,17-,18-,19-,20+,21-,22-,23-,24+,25+,26-,27+,28-,29+,30+,31-,32-,33-,34+,35-,36+,37+,38+,39-,40+/m1/s1. The van der Waals surface area contributed by atoms with Crippen LogP contribution in [-0.2, 0) is 61.7 Å². The molecule has 0 aliphatic carbocycles. The smallest absolute Gasteiger partial charge is 0.217 e. The zero-order chi connectivity index (χ0) is 53.9. The van der Waals surface area contributed by atoms with E-state index in [2.05, 4.69) is 10.6 Å². The van der Waals surface area contributed by atoms with Gasteiger partial charge >= 0.3 is 0 Å². The third-order valence-electron chi connectivity index (χ3n) is 13.2. The molecule has 424 valence electrons. The molecule has 73 heavy (non-hydrogen) atoms. The Bertz CT molecular complexity index is 1740. The van der Waals surface area contributed by atoms with Crippen LogP contribution in [0.2, 0.25) is 0 Å². The molecule has 0 radical (unpaired) electrons. The van der Waals surface area contributed by atoms with Crippen LogP contribution in [0.3, 0.4) is 0 Å². The molecule has 0 aromatic heterocycles. The first-order valence-corrected chi connectivity index (χ1v) is 23.1. The average Bonchev–Trinajstić information content (AvgIpc) is 3.35. The van der Waals surface area contributed by atoms with Gasteiger partial charge in [0.2, 0.25) is 11.8 Å². The van der Waals surface area contributed by atoms with Crippen molar-refractivity contribution < 1.29 is 154 Å². The minimum Gasteiger partial charge on any atom is -0.394 e. The Labute approximate surface area is 413 Å². The Balaban J connectivity index is 1.26. The van der Waals surface area contributed by atoms with Crippen LogP contribution in [0.25, 0.3) is 0 Å².